The minimum Gasteiger partial charge on any atom is -0.496 e. The molecule has 1 aromatic rings. The molecule has 1 aliphatic carbocycles. The molecule has 0 bridgehead atoms. The molecule has 0 radical (unpaired) electrons. The number of hydrazine groups is 1. The number of nitrogens with one attached hydrogen (secondary N) is 1. The van der Waals surface area contributed by atoms with E-state index in [1.165, 1.54) is 43.2 Å². The van der Waals surface area contributed by atoms with Gasteiger partial charge in [-0.3, -0.25) is 11.3 Å². The molecule has 2 rings (SSSR count). The van der Waals surface area contributed by atoms with Crippen LogP contribution >= 0.6 is 0 Å². The van der Waals surface area contributed by atoms with Crippen LogP contribution in [0.3, 0.4) is 0 Å². The predicted molar refractivity (Wildman–Crippen MR) is 83.5 cm³/mol. The number of nitrogens with two attached hydrogens (primary N) is 1. The Hall–Kier alpha value is -1.06. The van der Waals surface area contributed by atoms with Gasteiger partial charge in [-0.15, -0.1) is 0 Å². The van der Waals surface area contributed by atoms with Gasteiger partial charge in [0.05, 0.1) is 7.11 Å². The zero-order chi connectivity index (χ0) is 14.5. The van der Waals surface area contributed by atoms with Crippen LogP contribution in [0.2, 0.25) is 0 Å². The van der Waals surface area contributed by atoms with Gasteiger partial charge in [-0.1, -0.05) is 38.3 Å². The molecule has 1 aromatic carbocycles. The van der Waals surface area contributed by atoms with E-state index >= 15 is 0 Å². The van der Waals surface area contributed by atoms with E-state index in [0.717, 1.165) is 11.7 Å². The first-order valence-electron chi connectivity index (χ1n) is 7.80. The molecule has 0 heterocycles. The molecule has 0 aromatic heterocycles. The minimum atomic E-state index is 0.261. The maximum atomic E-state index is 5.84. The van der Waals surface area contributed by atoms with E-state index in [2.05, 4.69) is 31.4 Å². The van der Waals surface area contributed by atoms with Crippen molar-refractivity contribution in [3.63, 3.8) is 0 Å². The Labute approximate surface area is 122 Å². The minimum absolute atomic E-state index is 0.261. The van der Waals surface area contributed by atoms with Crippen molar-refractivity contribution in [2.45, 2.75) is 52.0 Å². The molecule has 3 heteroatoms. The normalized spacial score (nSPS) is 24.4. The summed E-state index contributed by atoms with van der Waals surface area (Å²) < 4.78 is 5.34. The van der Waals surface area contributed by atoms with E-state index < -0.39 is 0 Å². The number of aryl methyl sites for hydroxylation is 1. The highest BCUT2D eigenvalue weighted by molar-refractivity contribution is 5.37. The van der Waals surface area contributed by atoms with Crippen LogP contribution in [0.4, 0.5) is 0 Å². The molecule has 1 fully saturated rings. The molecule has 1 aliphatic rings. The number of hydrogen-bond acceptors (Lipinski definition) is 3. The average Bonchev–Trinajstić information content (AvgIpc) is 2.49. The first-order chi connectivity index (χ1) is 9.69. The van der Waals surface area contributed by atoms with Crippen molar-refractivity contribution >= 4 is 0 Å². The van der Waals surface area contributed by atoms with E-state index in [4.69, 9.17) is 10.6 Å². The van der Waals surface area contributed by atoms with Crippen LogP contribution in [-0.2, 0) is 0 Å². The predicted octanol–water partition coefficient (Wildman–Crippen LogP) is 3.72. The molecule has 3 nitrogen and oxygen atoms in total. The monoisotopic (exact) mass is 276 g/mol. The summed E-state index contributed by atoms with van der Waals surface area (Å²) in [5, 5.41) is 0. The third-order valence-corrected chi connectivity index (χ3v) is 4.90. The van der Waals surface area contributed by atoms with Gasteiger partial charge in [0.25, 0.3) is 0 Å². The Bertz CT molecular complexity index is 425. The Balaban J connectivity index is 2.10. The molecule has 112 valence electrons. The molecule has 3 N–H and O–H groups in total. The molecule has 1 saturated carbocycles. The van der Waals surface area contributed by atoms with Crippen LogP contribution in [0.5, 0.6) is 5.75 Å². The van der Waals surface area contributed by atoms with Gasteiger partial charge >= 0.3 is 0 Å². The lowest BCUT2D eigenvalue weighted by molar-refractivity contribution is 0.219. The van der Waals surface area contributed by atoms with Crippen molar-refractivity contribution < 1.29 is 4.74 Å². The fourth-order valence-corrected chi connectivity index (χ4v) is 3.53. The highest BCUT2D eigenvalue weighted by atomic mass is 16.5. The van der Waals surface area contributed by atoms with Gasteiger partial charge in [0.1, 0.15) is 5.75 Å². The lowest BCUT2D eigenvalue weighted by Gasteiger charge is -2.33. The Morgan fingerprint density at radius 1 is 1.30 bits per heavy atom. The highest BCUT2D eigenvalue weighted by Crippen LogP contribution is 2.38. The summed E-state index contributed by atoms with van der Waals surface area (Å²) in [5.41, 5.74) is 5.50. The zero-order valence-corrected chi connectivity index (χ0v) is 13.0. The molecule has 0 amide bonds. The summed E-state index contributed by atoms with van der Waals surface area (Å²) in [4.78, 5) is 0. The Morgan fingerprint density at radius 2 is 2.00 bits per heavy atom. The summed E-state index contributed by atoms with van der Waals surface area (Å²) in [6, 6.07) is 6.65. The van der Waals surface area contributed by atoms with Crippen molar-refractivity contribution in [2.75, 3.05) is 7.11 Å². The lowest BCUT2D eigenvalue weighted by Crippen LogP contribution is -2.35. The SMILES string of the molecule is CCC1CCC(C(NN)c2ccc(OC)c(C)c2)CC1. The highest BCUT2D eigenvalue weighted by Gasteiger charge is 2.27. The quantitative estimate of drug-likeness (QED) is 0.636. The van der Waals surface area contributed by atoms with Crippen molar-refractivity contribution in [1.29, 1.82) is 0 Å². The number of hydrogen-bond donors (Lipinski definition) is 2. The topological polar surface area (TPSA) is 47.3 Å². The van der Waals surface area contributed by atoms with Crippen molar-refractivity contribution in [2.24, 2.45) is 17.7 Å². The van der Waals surface area contributed by atoms with E-state index in [1.807, 2.05) is 6.07 Å². The third-order valence-electron chi connectivity index (χ3n) is 4.90. The van der Waals surface area contributed by atoms with Gasteiger partial charge < -0.3 is 4.74 Å². The number of benzene rings is 1. The van der Waals surface area contributed by atoms with E-state index in [9.17, 15) is 0 Å². The standard InChI is InChI=1S/C17H28N2O/c1-4-13-5-7-14(8-6-13)17(19-18)15-9-10-16(20-3)12(2)11-15/h9-11,13-14,17,19H,4-8,18H2,1-3H3. The fourth-order valence-electron chi connectivity index (χ4n) is 3.53. The smallest absolute Gasteiger partial charge is 0.121 e. The molecule has 0 spiro atoms. The van der Waals surface area contributed by atoms with Gasteiger partial charge in [-0.2, -0.15) is 0 Å². The first-order valence-corrected chi connectivity index (χ1v) is 7.80. The van der Waals surface area contributed by atoms with Crippen molar-refractivity contribution in [1.82, 2.24) is 5.43 Å². The maximum Gasteiger partial charge on any atom is 0.121 e. The number of ether oxygens (including phenoxy) is 1. The van der Waals surface area contributed by atoms with Gasteiger partial charge in [0, 0.05) is 6.04 Å². The molecule has 20 heavy (non-hydrogen) atoms. The molecule has 1 unspecified atom stereocenters. The van der Waals surface area contributed by atoms with Crippen LogP contribution in [0.25, 0.3) is 0 Å². The van der Waals surface area contributed by atoms with Crippen LogP contribution < -0.4 is 16.0 Å². The van der Waals surface area contributed by atoms with Crippen LogP contribution in [0.15, 0.2) is 18.2 Å². The summed E-state index contributed by atoms with van der Waals surface area (Å²) in [6.07, 6.45) is 6.55. The van der Waals surface area contributed by atoms with Gasteiger partial charge in [0.15, 0.2) is 0 Å². The van der Waals surface area contributed by atoms with Crippen molar-refractivity contribution in [3.8, 4) is 5.75 Å². The molecular weight excluding hydrogens is 248 g/mol. The van der Waals surface area contributed by atoms with E-state index in [-0.39, 0.29) is 6.04 Å². The average molecular weight is 276 g/mol. The van der Waals surface area contributed by atoms with E-state index in [0.29, 0.717) is 5.92 Å². The number of methoxy groups -OCH3 is 1. The van der Waals surface area contributed by atoms with E-state index in [1.54, 1.807) is 7.11 Å². The lowest BCUT2D eigenvalue weighted by atomic mass is 9.76. The fraction of sp³-hybridized carbons (Fsp3) is 0.647. The van der Waals surface area contributed by atoms with Gasteiger partial charge in [0.2, 0.25) is 0 Å². The summed E-state index contributed by atoms with van der Waals surface area (Å²) in [7, 11) is 1.71. The molecule has 0 aliphatic heterocycles. The second-order valence-electron chi connectivity index (χ2n) is 6.06. The maximum absolute atomic E-state index is 5.84. The Morgan fingerprint density at radius 3 is 2.50 bits per heavy atom. The first kappa shape index (κ1) is 15.3. The summed E-state index contributed by atoms with van der Waals surface area (Å²) in [5.74, 6) is 8.35. The second-order valence-corrected chi connectivity index (χ2v) is 6.06. The van der Waals surface area contributed by atoms with Crippen LogP contribution in [0.1, 0.15) is 56.2 Å². The third kappa shape index (κ3) is 3.33. The number of rotatable bonds is 5. The molecule has 0 saturated heterocycles. The molecular formula is C17H28N2O. The Kier molecular flexibility index (Phi) is 5.44. The zero-order valence-electron chi connectivity index (χ0n) is 13.0. The summed E-state index contributed by atoms with van der Waals surface area (Å²) >= 11 is 0. The summed E-state index contributed by atoms with van der Waals surface area (Å²) in [6.45, 7) is 4.39. The van der Waals surface area contributed by atoms with Crippen LogP contribution in [0, 0.1) is 18.8 Å². The second kappa shape index (κ2) is 7.09. The largest absolute Gasteiger partial charge is 0.496 e. The van der Waals surface area contributed by atoms with Crippen molar-refractivity contribution in [3.05, 3.63) is 29.3 Å². The van der Waals surface area contributed by atoms with Crippen LogP contribution in [-0.4, -0.2) is 7.11 Å². The molecule has 1 atom stereocenters. The van der Waals surface area contributed by atoms with Gasteiger partial charge in [-0.25, -0.2) is 0 Å². The van der Waals surface area contributed by atoms with Gasteiger partial charge in [-0.05, 0) is 48.8 Å².